The molecule has 33 heavy (non-hydrogen) atoms. The van der Waals surface area contributed by atoms with E-state index >= 15 is 0 Å². The van der Waals surface area contributed by atoms with Crippen molar-refractivity contribution in [2.75, 3.05) is 13.7 Å². The average Bonchev–Trinajstić information content (AvgIpc) is 2.98. The summed E-state index contributed by atoms with van der Waals surface area (Å²) in [6, 6.07) is 7.06. The van der Waals surface area contributed by atoms with E-state index in [1.807, 2.05) is 0 Å². The Morgan fingerprint density at radius 2 is 1.76 bits per heavy atom. The maximum Gasteiger partial charge on any atom is 0.573 e. The molecular weight excluding hydrogens is 450 g/mol. The van der Waals surface area contributed by atoms with E-state index in [4.69, 9.17) is 9.47 Å². The molecule has 0 saturated carbocycles. The number of Topliss-reactive ketones (excluding diaryl/α,β-unsaturated/α-hetero) is 1. The maximum atomic E-state index is 14.9. The minimum absolute atomic E-state index is 0.00993. The molecule has 0 N–H and O–H groups in total. The van der Waals surface area contributed by atoms with Gasteiger partial charge < -0.3 is 19.1 Å². The van der Waals surface area contributed by atoms with Crippen molar-refractivity contribution in [1.82, 2.24) is 4.90 Å². The van der Waals surface area contributed by atoms with E-state index in [0.29, 0.717) is 5.56 Å². The number of methoxy groups -OCH3 is 1. The fraction of sp³-hybridized carbons (Fsp3) is 0.318. The first-order chi connectivity index (χ1) is 15.6. The molecule has 2 aromatic carbocycles. The number of hydrogen-bond donors (Lipinski definition) is 0. The van der Waals surface area contributed by atoms with E-state index < -0.39 is 47.5 Å². The average molecular weight is 469 g/mol. The van der Waals surface area contributed by atoms with Gasteiger partial charge >= 0.3 is 12.3 Å². The van der Waals surface area contributed by atoms with Crippen molar-refractivity contribution in [3.8, 4) is 11.5 Å². The molecule has 0 spiro atoms. The zero-order valence-corrected chi connectivity index (χ0v) is 17.5. The van der Waals surface area contributed by atoms with Crippen LogP contribution in [0.5, 0.6) is 11.5 Å². The molecule has 3 rings (SSSR count). The number of rotatable bonds is 7. The minimum atomic E-state index is -4.88. The van der Waals surface area contributed by atoms with Gasteiger partial charge in [0.25, 0.3) is 5.91 Å². The SMILES string of the molecule is CCOC(=O)C1C(=O)C(=O)N(Cc2ccc(OC(F)(F)F)cc2)C1c1c(F)cccc1OC. The highest BCUT2D eigenvalue weighted by molar-refractivity contribution is 6.42. The molecule has 1 amide bonds. The number of hydrogen-bond acceptors (Lipinski definition) is 6. The molecule has 2 aromatic rings. The summed E-state index contributed by atoms with van der Waals surface area (Å²) in [6.07, 6.45) is -4.88. The molecule has 176 valence electrons. The van der Waals surface area contributed by atoms with Gasteiger partial charge in [-0.25, -0.2) is 4.39 Å². The Morgan fingerprint density at radius 3 is 2.33 bits per heavy atom. The number of carbonyl (C=O) groups is 3. The molecule has 2 unspecified atom stereocenters. The van der Waals surface area contributed by atoms with Gasteiger partial charge in [0.1, 0.15) is 23.2 Å². The number of nitrogens with zero attached hydrogens (tertiary/aromatic N) is 1. The zero-order valence-electron chi connectivity index (χ0n) is 17.5. The van der Waals surface area contributed by atoms with Crippen LogP contribution in [-0.2, 0) is 25.7 Å². The lowest BCUT2D eigenvalue weighted by molar-refractivity contribution is -0.274. The normalized spacial score (nSPS) is 18.4. The van der Waals surface area contributed by atoms with Crippen molar-refractivity contribution < 1.29 is 46.2 Å². The molecule has 7 nitrogen and oxygen atoms in total. The zero-order chi connectivity index (χ0) is 24.3. The first kappa shape index (κ1) is 24.0. The van der Waals surface area contributed by atoms with E-state index in [-0.39, 0.29) is 24.5 Å². The third-order valence-corrected chi connectivity index (χ3v) is 4.98. The second-order valence-corrected chi connectivity index (χ2v) is 7.02. The second-order valence-electron chi connectivity index (χ2n) is 7.02. The Labute approximate surface area is 185 Å². The molecule has 1 aliphatic rings. The van der Waals surface area contributed by atoms with Gasteiger partial charge in [-0.05, 0) is 36.8 Å². The summed E-state index contributed by atoms with van der Waals surface area (Å²) < 4.78 is 66.0. The highest BCUT2D eigenvalue weighted by atomic mass is 19.4. The molecule has 1 heterocycles. The number of carbonyl (C=O) groups excluding carboxylic acids is 3. The van der Waals surface area contributed by atoms with Crippen LogP contribution in [0.2, 0.25) is 0 Å². The summed E-state index contributed by atoms with van der Waals surface area (Å²) in [5, 5.41) is 0. The number of esters is 1. The van der Waals surface area contributed by atoms with Crippen molar-refractivity contribution in [3.05, 3.63) is 59.4 Å². The van der Waals surface area contributed by atoms with Gasteiger partial charge in [-0.15, -0.1) is 13.2 Å². The molecule has 1 aliphatic heterocycles. The Hall–Kier alpha value is -3.63. The third kappa shape index (κ3) is 5.07. The monoisotopic (exact) mass is 469 g/mol. The van der Waals surface area contributed by atoms with Gasteiger partial charge in [0.2, 0.25) is 5.78 Å². The number of likely N-dealkylation sites (tertiary alicyclic amines) is 1. The predicted molar refractivity (Wildman–Crippen MR) is 104 cm³/mol. The van der Waals surface area contributed by atoms with Crippen LogP contribution in [0.15, 0.2) is 42.5 Å². The van der Waals surface area contributed by atoms with Gasteiger partial charge in [-0.2, -0.15) is 0 Å². The molecule has 0 bridgehead atoms. The number of amides is 1. The first-order valence-electron chi connectivity index (χ1n) is 9.76. The number of ketones is 1. The quantitative estimate of drug-likeness (QED) is 0.267. The van der Waals surface area contributed by atoms with Crippen LogP contribution in [0.3, 0.4) is 0 Å². The summed E-state index contributed by atoms with van der Waals surface area (Å²) >= 11 is 0. The van der Waals surface area contributed by atoms with Crippen LogP contribution in [0.25, 0.3) is 0 Å². The van der Waals surface area contributed by atoms with E-state index in [2.05, 4.69) is 4.74 Å². The van der Waals surface area contributed by atoms with E-state index in [1.54, 1.807) is 0 Å². The van der Waals surface area contributed by atoms with E-state index in [9.17, 15) is 31.9 Å². The number of alkyl halides is 3. The smallest absolute Gasteiger partial charge is 0.496 e. The Bertz CT molecular complexity index is 1050. The molecule has 0 aliphatic carbocycles. The van der Waals surface area contributed by atoms with Gasteiger partial charge in [0.05, 0.1) is 25.3 Å². The Balaban J connectivity index is 2.02. The minimum Gasteiger partial charge on any atom is -0.496 e. The summed E-state index contributed by atoms with van der Waals surface area (Å²) in [4.78, 5) is 39.1. The van der Waals surface area contributed by atoms with Gasteiger partial charge in [-0.3, -0.25) is 14.4 Å². The summed E-state index contributed by atoms with van der Waals surface area (Å²) in [5.74, 6) is -6.06. The lowest BCUT2D eigenvalue weighted by Gasteiger charge is -2.28. The van der Waals surface area contributed by atoms with Crippen LogP contribution in [0, 0.1) is 11.7 Å². The van der Waals surface area contributed by atoms with Crippen LogP contribution in [0.4, 0.5) is 17.6 Å². The van der Waals surface area contributed by atoms with Crippen LogP contribution in [0.1, 0.15) is 24.1 Å². The Morgan fingerprint density at radius 1 is 1.09 bits per heavy atom. The predicted octanol–water partition coefficient (Wildman–Crippen LogP) is 3.56. The highest BCUT2D eigenvalue weighted by Crippen LogP contribution is 2.43. The van der Waals surface area contributed by atoms with Crippen molar-refractivity contribution in [2.24, 2.45) is 5.92 Å². The van der Waals surface area contributed by atoms with Crippen LogP contribution >= 0.6 is 0 Å². The van der Waals surface area contributed by atoms with Crippen molar-refractivity contribution in [1.29, 1.82) is 0 Å². The number of ether oxygens (including phenoxy) is 3. The molecular formula is C22H19F4NO6. The largest absolute Gasteiger partial charge is 0.573 e. The van der Waals surface area contributed by atoms with Crippen molar-refractivity contribution in [2.45, 2.75) is 25.9 Å². The maximum absolute atomic E-state index is 14.9. The number of halogens is 4. The Kier molecular flexibility index (Phi) is 6.89. The molecule has 1 fully saturated rings. The summed E-state index contributed by atoms with van der Waals surface area (Å²) in [7, 11) is 1.26. The number of benzene rings is 2. The third-order valence-electron chi connectivity index (χ3n) is 4.98. The van der Waals surface area contributed by atoms with Crippen LogP contribution < -0.4 is 9.47 Å². The first-order valence-corrected chi connectivity index (χ1v) is 9.76. The molecule has 1 saturated heterocycles. The summed E-state index contributed by atoms with van der Waals surface area (Å²) in [6.45, 7) is 1.15. The summed E-state index contributed by atoms with van der Waals surface area (Å²) in [5.41, 5.74) is 0.129. The molecule has 0 radical (unpaired) electrons. The van der Waals surface area contributed by atoms with Gasteiger partial charge in [-0.1, -0.05) is 18.2 Å². The van der Waals surface area contributed by atoms with Crippen molar-refractivity contribution >= 4 is 17.7 Å². The van der Waals surface area contributed by atoms with Gasteiger partial charge in [0, 0.05) is 6.54 Å². The van der Waals surface area contributed by atoms with Gasteiger partial charge in [0.15, 0.2) is 0 Å². The van der Waals surface area contributed by atoms with Crippen molar-refractivity contribution in [3.63, 3.8) is 0 Å². The molecule has 2 atom stereocenters. The fourth-order valence-electron chi connectivity index (χ4n) is 3.66. The lowest BCUT2D eigenvalue weighted by Crippen LogP contribution is -2.32. The van der Waals surface area contributed by atoms with Crippen LogP contribution in [-0.4, -0.2) is 42.6 Å². The van der Waals surface area contributed by atoms with E-state index in [1.165, 1.54) is 38.3 Å². The second kappa shape index (κ2) is 9.47. The molecule has 11 heteroatoms. The topological polar surface area (TPSA) is 82.1 Å². The lowest BCUT2D eigenvalue weighted by atomic mass is 9.91. The fourth-order valence-corrected chi connectivity index (χ4v) is 3.66. The van der Waals surface area contributed by atoms with E-state index in [0.717, 1.165) is 23.1 Å². The molecule has 0 aromatic heterocycles. The standard InChI is InChI=1S/C22H19F4NO6/c1-3-32-21(30)17-18(16-14(23)5-4-6-15(16)31-2)27(20(29)19(17)28)11-12-7-9-13(10-8-12)33-22(24,25)26/h4-10,17-18H,3,11H2,1-2H3. The highest BCUT2D eigenvalue weighted by Gasteiger charge is 2.54.